The van der Waals surface area contributed by atoms with Gasteiger partial charge in [0, 0.05) is 13.1 Å². The summed E-state index contributed by atoms with van der Waals surface area (Å²) in [5.41, 5.74) is 0.779. The number of aryl methyl sites for hydroxylation is 1. The monoisotopic (exact) mass is 309 g/mol. The third kappa shape index (κ3) is 3.33. The Morgan fingerprint density at radius 3 is 2.76 bits per heavy atom. The van der Waals surface area contributed by atoms with Crippen LogP contribution in [0.25, 0.3) is 0 Å². The van der Waals surface area contributed by atoms with Crippen LogP contribution in [0.1, 0.15) is 18.9 Å². The quantitative estimate of drug-likeness (QED) is 0.843. The summed E-state index contributed by atoms with van der Waals surface area (Å²) in [4.78, 5) is 11.3. The van der Waals surface area contributed by atoms with Gasteiger partial charge in [-0.1, -0.05) is 43.7 Å². The number of carbonyl (C=O) groups is 1. The molecule has 1 aromatic rings. The zero-order chi connectivity index (χ0) is 15.5. The highest BCUT2D eigenvalue weighted by atomic mass is 32.2. The van der Waals surface area contributed by atoms with Crippen molar-refractivity contribution in [3.8, 4) is 0 Å². The molecule has 0 fully saturated rings. The van der Waals surface area contributed by atoms with Gasteiger partial charge in [-0.3, -0.25) is 4.79 Å². The van der Waals surface area contributed by atoms with Crippen LogP contribution in [0.2, 0.25) is 0 Å². The van der Waals surface area contributed by atoms with Gasteiger partial charge >= 0.3 is 5.97 Å². The fourth-order valence-electron chi connectivity index (χ4n) is 2.42. The van der Waals surface area contributed by atoms with Gasteiger partial charge in [0.15, 0.2) is 0 Å². The van der Waals surface area contributed by atoms with Crippen molar-refractivity contribution in [3.05, 3.63) is 42.0 Å². The number of carboxylic acids is 1. The number of nitrogens with zero attached hydrogens (tertiary/aromatic N) is 1. The van der Waals surface area contributed by atoms with Crippen LogP contribution in [0, 0.1) is 5.92 Å². The summed E-state index contributed by atoms with van der Waals surface area (Å²) in [6, 6.07) is 6.92. The molecule has 5 nitrogen and oxygen atoms in total. The number of hydrogen-bond donors (Lipinski definition) is 1. The van der Waals surface area contributed by atoms with E-state index in [0.717, 1.165) is 12.0 Å². The van der Waals surface area contributed by atoms with E-state index in [1.807, 2.05) is 19.1 Å². The van der Waals surface area contributed by atoms with Gasteiger partial charge in [-0.25, -0.2) is 8.42 Å². The fourth-order valence-corrected chi connectivity index (χ4v) is 4.09. The third-order valence-electron chi connectivity index (χ3n) is 3.50. The Balaban J connectivity index is 2.35. The molecule has 1 aliphatic rings. The van der Waals surface area contributed by atoms with E-state index >= 15 is 0 Å². The summed E-state index contributed by atoms with van der Waals surface area (Å²) in [5, 5.41) is 9.06. The van der Waals surface area contributed by atoms with Gasteiger partial charge in [0.25, 0.3) is 0 Å². The number of hydrogen-bond acceptors (Lipinski definition) is 3. The number of sulfonamides is 1. The molecule has 1 atom stereocenters. The molecular weight excluding hydrogens is 290 g/mol. The molecule has 0 saturated carbocycles. The Kier molecular flexibility index (Phi) is 4.80. The van der Waals surface area contributed by atoms with Crippen molar-refractivity contribution in [2.75, 3.05) is 13.1 Å². The van der Waals surface area contributed by atoms with E-state index in [2.05, 4.69) is 0 Å². The molecule has 0 spiro atoms. The number of carboxylic acid groups (broad SMARTS) is 1. The summed E-state index contributed by atoms with van der Waals surface area (Å²) in [6.07, 6.45) is 4.68. The summed E-state index contributed by atoms with van der Waals surface area (Å²) in [5.74, 6) is -1.79. The molecular formula is C15H19NO4S. The highest BCUT2D eigenvalue weighted by Crippen LogP contribution is 2.24. The van der Waals surface area contributed by atoms with E-state index < -0.39 is 21.9 Å². The van der Waals surface area contributed by atoms with E-state index in [4.69, 9.17) is 5.11 Å². The van der Waals surface area contributed by atoms with E-state index in [-0.39, 0.29) is 18.0 Å². The van der Waals surface area contributed by atoms with Crippen LogP contribution in [-0.2, 0) is 21.2 Å². The molecule has 0 aromatic heterocycles. The average Bonchev–Trinajstić information content (AvgIpc) is 2.48. The highest BCUT2D eigenvalue weighted by Gasteiger charge is 2.31. The zero-order valence-electron chi connectivity index (χ0n) is 11.9. The first-order valence-corrected chi connectivity index (χ1v) is 8.38. The second kappa shape index (κ2) is 6.41. The maximum atomic E-state index is 12.8. The molecule has 1 aromatic carbocycles. The zero-order valence-corrected chi connectivity index (χ0v) is 12.7. The summed E-state index contributed by atoms with van der Waals surface area (Å²) in [6.45, 7) is 2.19. The molecule has 1 N–H and O–H groups in total. The number of benzene rings is 1. The first-order valence-electron chi connectivity index (χ1n) is 6.94. The predicted molar refractivity (Wildman–Crippen MR) is 79.5 cm³/mol. The van der Waals surface area contributed by atoms with Gasteiger partial charge < -0.3 is 5.11 Å². The lowest BCUT2D eigenvalue weighted by molar-refractivity contribution is -0.140. The van der Waals surface area contributed by atoms with Crippen molar-refractivity contribution in [1.29, 1.82) is 0 Å². The molecule has 21 heavy (non-hydrogen) atoms. The van der Waals surface area contributed by atoms with Crippen molar-refractivity contribution in [3.63, 3.8) is 0 Å². The van der Waals surface area contributed by atoms with E-state index in [9.17, 15) is 13.2 Å². The second-order valence-electron chi connectivity index (χ2n) is 5.05. The fraction of sp³-hybridized carbons (Fsp3) is 0.400. The van der Waals surface area contributed by atoms with E-state index in [1.54, 1.807) is 24.3 Å². The van der Waals surface area contributed by atoms with Crippen molar-refractivity contribution < 1.29 is 18.3 Å². The van der Waals surface area contributed by atoms with Gasteiger partial charge in [0.1, 0.15) is 0 Å². The van der Waals surface area contributed by atoms with E-state index in [1.165, 1.54) is 4.31 Å². The van der Waals surface area contributed by atoms with Crippen LogP contribution in [0.5, 0.6) is 0 Å². The second-order valence-corrected chi connectivity index (χ2v) is 6.96. The van der Waals surface area contributed by atoms with Crippen LogP contribution in [0.15, 0.2) is 41.3 Å². The van der Waals surface area contributed by atoms with Crippen LogP contribution in [-0.4, -0.2) is 36.9 Å². The minimum atomic E-state index is -3.66. The van der Waals surface area contributed by atoms with Crippen LogP contribution < -0.4 is 0 Å². The number of aliphatic carboxylic acids is 1. The molecule has 0 saturated heterocycles. The van der Waals surface area contributed by atoms with Crippen molar-refractivity contribution >= 4 is 16.0 Å². The first kappa shape index (κ1) is 15.7. The molecule has 1 aliphatic heterocycles. The highest BCUT2D eigenvalue weighted by molar-refractivity contribution is 7.89. The Hall–Kier alpha value is -1.66. The molecule has 0 bridgehead atoms. The number of rotatable bonds is 5. The molecule has 6 heteroatoms. The molecule has 0 radical (unpaired) electrons. The van der Waals surface area contributed by atoms with E-state index in [0.29, 0.717) is 6.42 Å². The summed E-state index contributed by atoms with van der Waals surface area (Å²) >= 11 is 0. The standard InChI is InChI=1S/C15H19NO4S/c1-2-6-12-7-3-4-9-14(12)21(19,20)16-10-5-8-13(11-16)15(17)18/h3-5,7-9,13H,2,6,10-11H2,1H3,(H,17,18). The first-order chi connectivity index (χ1) is 9.96. The maximum Gasteiger partial charge on any atom is 0.311 e. The lowest BCUT2D eigenvalue weighted by Crippen LogP contribution is -2.40. The average molecular weight is 309 g/mol. The van der Waals surface area contributed by atoms with Gasteiger partial charge in [-0.05, 0) is 18.1 Å². The van der Waals surface area contributed by atoms with Crippen molar-refractivity contribution in [2.24, 2.45) is 5.92 Å². The lowest BCUT2D eigenvalue weighted by atomic mass is 10.1. The van der Waals surface area contributed by atoms with Gasteiger partial charge in [0.2, 0.25) is 10.0 Å². The van der Waals surface area contributed by atoms with Gasteiger partial charge in [-0.2, -0.15) is 4.31 Å². The summed E-state index contributed by atoms with van der Waals surface area (Å²) in [7, 11) is -3.66. The Labute approximate surface area is 124 Å². The lowest BCUT2D eigenvalue weighted by Gasteiger charge is -2.27. The smallest absolute Gasteiger partial charge is 0.311 e. The Bertz CT molecular complexity index is 651. The van der Waals surface area contributed by atoms with Crippen LogP contribution >= 0.6 is 0 Å². The van der Waals surface area contributed by atoms with Crippen LogP contribution in [0.3, 0.4) is 0 Å². The summed E-state index contributed by atoms with van der Waals surface area (Å²) < 4.78 is 26.7. The molecule has 1 heterocycles. The third-order valence-corrected chi connectivity index (χ3v) is 5.44. The normalized spacial score (nSPS) is 19.6. The molecule has 0 aliphatic carbocycles. The predicted octanol–water partition coefficient (Wildman–Crippen LogP) is 1.90. The van der Waals surface area contributed by atoms with Crippen molar-refractivity contribution in [2.45, 2.75) is 24.7 Å². The van der Waals surface area contributed by atoms with Crippen LogP contribution in [0.4, 0.5) is 0 Å². The Morgan fingerprint density at radius 2 is 2.10 bits per heavy atom. The van der Waals surface area contributed by atoms with Gasteiger partial charge in [0.05, 0.1) is 10.8 Å². The maximum absolute atomic E-state index is 12.8. The molecule has 114 valence electrons. The Morgan fingerprint density at radius 1 is 1.38 bits per heavy atom. The molecule has 2 rings (SSSR count). The SMILES string of the molecule is CCCc1ccccc1S(=O)(=O)N1CC=CC(C(=O)O)C1. The minimum Gasteiger partial charge on any atom is -0.481 e. The topological polar surface area (TPSA) is 74.7 Å². The largest absolute Gasteiger partial charge is 0.481 e. The molecule has 1 unspecified atom stereocenters. The minimum absolute atomic E-state index is 0.0192. The van der Waals surface area contributed by atoms with Gasteiger partial charge in [-0.15, -0.1) is 0 Å². The molecule has 0 amide bonds. The van der Waals surface area contributed by atoms with Crippen molar-refractivity contribution in [1.82, 2.24) is 4.31 Å².